The molecule has 1 heterocycles. The second-order valence-electron chi connectivity index (χ2n) is 4.95. The van der Waals surface area contributed by atoms with Crippen LogP contribution in [0.15, 0.2) is 40.5 Å². The molecular formula is C16H13ClF5N3S. The summed E-state index contributed by atoms with van der Waals surface area (Å²) in [4.78, 5) is 7.53. The predicted molar refractivity (Wildman–Crippen MR) is 91.8 cm³/mol. The van der Waals surface area contributed by atoms with Crippen molar-refractivity contribution in [1.29, 1.82) is 0 Å². The highest BCUT2D eigenvalue weighted by Gasteiger charge is 2.31. The number of hydrogen-bond acceptors (Lipinski definition) is 3. The van der Waals surface area contributed by atoms with E-state index in [9.17, 15) is 22.0 Å². The van der Waals surface area contributed by atoms with Crippen molar-refractivity contribution in [1.82, 2.24) is 10.3 Å². The summed E-state index contributed by atoms with van der Waals surface area (Å²) in [7, 11) is 1.38. The van der Waals surface area contributed by atoms with Crippen LogP contribution < -0.4 is 5.32 Å². The molecule has 0 aliphatic carbocycles. The molecule has 1 N–H and O–H groups in total. The minimum Gasteiger partial charge on any atom is -0.369 e. The first-order valence-corrected chi connectivity index (χ1v) is 8.61. The van der Waals surface area contributed by atoms with Gasteiger partial charge in [-0.2, -0.15) is 13.2 Å². The Morgan fingerprint density at radius 3 is 2.46 bits per heavy atom. The minimum absolute atomic E-state index is 0.0349. The molecule has 26 heavy (non-hydrogen) atoms. The van der Waals surface area contributed by atoms with Crippen molar-refractivity contribution in [3.63, 3.8) is 0 Å². The summed E-state index contributed by atoms with van der Waals surface area (Å²) in [5.74, 6) is -1.13. The van der Waals surface area contributed by atoms with E-state index in [1.54, 1.807) is 0 Å². The fourth-order valence-electron chi connectivity index (χ4n) is 2.01. The summed E-state index contributed by atoms with van der Waals surface area (Å²) < 4.78 is 65.2. The Bertz CT molecular complexity index is 791. The maximum absolute atomic E-state index is 13.8. The second kappa shape index (κ2) is 8.68. The van der Waals surface area contributed by atoms with Gasteiger partial charge in [0.15, 0.2) is 0 Å². The van der Waals surface area contributed by atoms with Crippen molar-refractivity contribution < 1.29 is 22.0 Å². The number of rotatable bonds is 5. The Morgan fingerprint density at radius 1 is 1.27 bits per heavy atom. The molecule has 2 aromatic rings. The number of aliphatic imine (C=N–C) groups is 1. The van der Waals surface area contributed by atoms with Crippen LogP contribution in [0, 0.1) is 11.6 Å². The van der Waals surface area contributed by atoms with E-state index in [-0.39, 0.29) is 28.0 Å². The van der Waals surface area contributed by atoms with Gasteiger partial charge < -0.3 is 5.32 Å². The number of benzene rings is 1. The first-order chi connectivity index (χ1) is 12.2. The topological polar surface area (TPSA) is 37.3 Å². The largest absolute Gasteiger partial charge is 0.417 e. The maximum Gasteiger partial charge on any atom is 0.417 e. The summed E-state index contributed by atoms with van der Waals surface area (Å²) in [6, 6.07) is 4.28. The molecule has 0 aliphatic rings. The summed E-state index contributed by atoms with van der Waals surface area (Å²) in [6.45, 7) is 0.240. The van der Waals surface area contributed by atoms with E-state index in [0.717, 1.165) is 30.0 Å². The molecule has 3 nitrogen and oxygen atoms in total. The smallest absolute Gasteiger partial charge is 0.369 e. The average Bonchev–Trinajstić information content (AvgIpc) is 2.56. The molecule has 1 aromatic heterocycles. The van der Waals surface area contributed by atoms with Gasteiger partial charge in [0.05, 0.1) is 16.1 Å². The number of thioether (sulfide) groups is 1. The van der Waals surface area contributed by atoms with Crippen molar-refractivity contribution in [3.8, 4) is 0 Å². The zero-order valence-electron chi connectivity index (χ0n) is 13.4. The second-order valence-corrected chi connectivity index (χ2v) is 6.44. The van der Waals surface area contributed by atoms with Crippen LogP contribution in [0.2, 0.25) is 5.02 Å². The van der Waals surface area contributed by atoms with Gasteiger partial charge in [-0.3, -0.25) is 4.99 Å². The summed E-state index contributed by atoms with van der Waals surface area (Å²) in [6.07, 6.45) is -3.81. The SMILES string of the molecule is CN=C(NCCSc1ncc(C(F)(F)F)cc1Cl)c1c(F)cccc1F. The van der Waals surface area contributed by atoms with Gasteiger partial charge in [-0.05, 0) is 18.2 Å². The maximum atomic E-state index is 13.8. The van der Waals surface area contributed by atoms with Crippen molar-refractivity contribution in [2.75, 3.05) is 19.3 Å². The lowest BCUT2D eigenvalue weighted by molar-refractivity contribution is -0.137. The summed E-state index contributed by atoms with van der Waals surface area (Å²) in [5.41, 5.74) is -1.20. The number of pyridine rings is 1. The van der Waals surface area contributed by atoms with Crippen LogP contribution in [0.4, 0.5) is 22.0 Å². The molecule has 0 bridgehead atoms. The normalized spacial score (nSPS) is 12.3. The van der Waals surface area contributed by atoms with E-state index in [4.69, 9.17) is 11.6 Å². The third-order valence-electron chi connectivity index (χ3n) is 3.19. The van der Waals surface area contributed by atoms with Crippen molar-refractivity contribution >= 4 is 29.2 Å². The van der Waals surface area contributed by atoms with Crippen molar-refractivity contribution in [2.45, 2.75) is 11.2 Å². The summed E-state index contributed by atoms with van der Waals surface area (Å²) >= 11 is 6.92. The lowest BCUT2D eigenvalue weighted by atomic mass is 10.2. The van der Waals surface area contributed by atoms with E-state index in [0.29, 0.717) is 11.9 Å². The Balaban J connectivity index is 1.96. The zero-order chi connectivity index (χ0) is 19.3. The van der Waals surface area contributed by atoms with Crippen LogP contribution >= 0.6 is 23.4 Å². The molecule has 1 aromatic carbocycles. The van der Waals surface area contributed by atoms with Crippen molar-refractivity contribution in [2.24, 2.45) is 4.99 Å². The average molecular weight is 410 g/mol. The highest BCUT2D eigenvalue weighted by Crippen LogP contribution is 2.33. The Morgan fingerprint density at radius 2 is 1.92 bits per heavy atom. The van der Waals surface area contributed by atoms with Gasteiger partial charge in [0.25, 0.3) is 0 Å². The van der Waals surface area contributed by atoms with Crippen LogP contribution in [-0.2, 0) is 6.18 Å². The van der Waals surface area contributed by atoms with Gasteiger partial charge >= 0.3 is 6.18 Å². The number of amidine groups is 1. The van der Waals surface area contributed by atoms with Crippen LogP contribution in [-0.4, -0.2) is 30.2 Å². The molecule has 0 aliphatic heterocycles. The van der Waals surface area contributed by atoms with Gasteiger partial charge in [0.1, 0.15) is 22.5 Å². The van der Waals surface area contributed by atoms with Gasteiger partial charge in [0, 0.05) is 25.5 Å². The van der Waals surface area contributed by atoms with Gasteiger partial charge in [-0.1, -0.05) is 17.7 Å². The van der Waals surface area contributed by atoms with Crippen LogP contribution in [0.25, 0.3) is 0 Å². The van der Waals surface area contributed by atoms with Gasteiger partial charge in [0.2, 0.25) is 0 Å². The summed E-state index contributed by atoms with van der Waals surface area (Å²) in [5, 5.41) is 2.90. The van der Waals surface area contributed by atoms with Crippen LogP contribution in [0.5, 0.6) is 0 Å². The third-order valence-corrected chi connectivity index (χ3v) is 4.60. The third kappa shape index (κ3) is 5.07. The first-order valence-electron chi connectivity index (χ1n) is 7.24. The standard InChI is InChI=1S/C16H13ClF5N3S/c1-23-14(13-11(18)3-2-4-12(13)19)24-5-6-26-15-10(17)7-9(8-25-15)16(20,21)22/h2-4,7-8H,5-6H2,1H3,(H,23,24). The molecule has 10 heteroatoms. The molecule has 0 saturated carbocycles. The van der Waals surface area contributed by atoms with Crippen LogP contribution in [0.1, 0.15) is 11.1 Å². The number of nitrogens with zero attached hydrogens (tertiary/aromatic N) is 2. The molecule has 0 amide bonds. The van der Waals surface area contributed by atoms with E-state index in [1.807, 2.05) is 0 Å². The molecule has 140 valence electrons. The van der Waals surface area contributed by atoms with Crippen LogP contribution in [0.3, 0.4) is 0 Å². The van der Waals surface area contributed by atoms with E-state index in [2.05, 4.69) is 15.3 Å². The first kappa shape index (κ1) is 20.4. The Kier molecular flexibility index (Phi) is 6.82. The molecule has 2 rings (SSSR count). The van der Waals surface area contributed by atoms with Crippen molar-refractivity contribution in [3.05, 3.63) is 58.2 Å². The van der Waals surface area contributed by atoms with E-state index < -0.39 is 23.4 Å². The molecule has 0 unspecified atom stereocenters. The molecular weight excluding hydrogens is 397 g/mol. The monoisotopic (exact) mass is 409 g/mol. The molecule has 0 radical (unpaired) electrons. The lowest BCUT2D eigenvalue weighted by Crippen LogP contribution is -2.28. The number of halogens is 6. The van der Waals surface area contributed by atoms with E-state index >= 15 is 0 Å². The Hall–Kier alpha value is -1.87. The number of alkyl halides is 3. The minimum atomic E-state index is -4.52. The highest BCUT2D eigenvalue weighted by atomic mass is 35.5. The van der Waals surface area contributed by atoms with Gasteiger partial charge in [-0.15, -0.1) is 11.8 Å². The number of nitrogens with one attached hydrogen (secondary N) is 1. The van der Waals surface area contributed by atoms with Gasteiger partial charge in [-0.25, -0.2) is 13.8 Å². The number of aromatic nitrogens is 1. The quantitative estimate of drug-likeness (QED) is 0.254. The Labute approximate surface area is 155 Å². The molecule has 0 spiro atoms. The zero-order valence-corrected chi connectivity index (χ0v) is 14.9. The molecule has 0 saturated heterocycles. The lowest BCUT2D eigenvalue weighted by Gasteiger charge is -2.12. The molecule has 0 atom stereocenters. The number of hydrogen-bond donors (Lipinski definition) is 1. The predicted octanol–water partition coefficient (Wildman–Crippen LogP) is 4.79. The fraction of sp³-hybridized carbons (Fsp3) is 0.250. The molecule has 0 fully saturated rings. The highest BCUT2D eigenvalue weighted by molar-refractivity contribution is 7.99. The van der Waals surface area contributed by atoms with E-state index in [1.165, 1.54) is 13.1 Å². The fourth-order valence-corrected chi connectivity index (χ4v) is 3.06.